The molecule has 0 aliphatic carbocycles. The fraction of sp³-hybridized carbons (Fsp3) is 0. The Balaban J connectivity index is 0.931. The lowest BCUT2D eigenvalue weighted by molar-refractivity contribution is 1.19. The summed E-state index contributed by atoms with van der Waals surface area (Å²) < 4.78 is 0. The van der Waals surface area contributed by atoms with E-state index in [0.29, 0.717) is 5.82 Å². The minimum atomic E-state index is 0.710. The van der Waals surface area contributed by atoms with E-state index in [9.17, 15) is 0 Å². The van der Waals surface area contributed by atoms with Crippen molar-refractivity contribution in [2.45, 2.75) is 0 Å². The highest BCUT2D eigenvalue weighted by Gasteiger charge is 2.17. The molecule has 0 aliphatic rings. The summed E-state index contributed by atoms with van der Waals surface area (Å²) in [5.74, 6) is 0.710. The van der Waals surface area contributed by atoms with Gasteiger partial charge in [0.05, 0.1) is 22.6 Å². The molecule has 62 heavy (non-hydrogen) atoms. The van der Waals surface area contributed by atoms with Gasteiger partial charge in [-0.3, -0.25) is 0 Å². The summed E-state index contributed by atoms with van der Waals surface area (Å²) in [4.78, 5) is 15.8. The molecule has 0 spiro atoms. The van der Waals surface area contributed by atoms with E-state index >= 15 is 0 Å². The van der Waals surface area contributed by atoms with Crippen LogP contribution in [0.3, 0.4) is 0 Å². The Hall–Kier alpha value is -8.27. The summed E-state index contributed by atoms with van der Waals surface area (Å²) in [6.07, 6.45) is 0. The maximum atomic E-state index is 5.34. The van der Waals surface area contributed by atoms with Gasteiger partial charge in [-0.15, -0.1) is 0 Å². The Bertz CT molecular complexity index is 3560. The third kappa shape index (κ3) is 6.18. The Morgan fingerprint density at radius 3 is 1.48 bits per heavy atom. The van der Waals surface area contributed by atoms with Crippen LogP contribution in [0, 0.1) is 0 Å². The minimum Gasteiger partial charge on any atom is -0.247 e. The van der Waals surface area contributed by atoms with E-state index in [1.165, 1.54) is 38.1 Å². The monoisotopic (exact) mass is 787 g/mol. The molecule has 0 unspecified atom stereocenters. The second-order valence-corrected chi connectivity index (χ2v) is 15.9. The Labute approximate surface area is 359 Å². The van der Waals surface area contributed by atoms with Gasteiger partial charge in [-0.05, 0) is 72.8 Å². The van der Waals surface area contributed by atoms with Gasteiger partial charge in [0.15, 0.2) is 5.82 Å². The second-order valence-electron chi connectivity index (χ2n) is 15.9. The lowest BCUT2D eigenvalue weighted by atomic mass is 9.93. The minimum absolute atomic E-state index is 0.710. The maximum Gasteiger partial charge on any atom is 0.161 e. The molecule has 0 saturated heterocycles. The van der Waals surface area contributed by atoms with Crippen molar-refractivity contribution in [1.29, 1.82) is 0 Å². The second kappa shape index (κ2) is 14.8. The van der Waals surface area contributed by atoms with Crippen molar-refractivity contribution in [3.63, 3.8) is 0 Å². The van der Waals surface area contributed by atoms with Crippen molar-refractivity contribution in [1.82, 2.24) is 15.0 Å². The average Bonchev–Trinajstić information content (AvgIpc) is 3.35. The van der Waals surface area contributed by atoms with Crippen LogP contribution < -0.4 is 0 Å². The molecule has 12 rings (SSSR count). The van der Waals surface area contributed by atoms with Gasteiger partial charge >= 0.3 is 0 Å². The van der Waals surface area contributed by atoms with Gasteiger partial charge in [-0.25, -0.2) is 15.0 Å². The zero-order valence-electron chi connectivity index (χ0n) is 33.7. The first-order valence-corrected chi connectivity index (χ1v) is 21.1. The Morgan fingerprint density at radius 1 is 0.258 bits per heavy atom. The molecule has 0 saturated carbocycles. The van der Waals surface area contributed by atoms with E-state index in [0.717, 1.165) is 77.5 Å². The van der Waals surface area contributed by atoms with Crippen LogP contribution in [0.1, 0.15) is 0 Å². The lowest BCUT2D eigenvalue weighted by Gasteiger charge is -2.14. The summed E-state index contributed by atoms with van der Waals surface area (Å²) in [5, 5.41) is 10.6. The third-order valence-corrected chi connectivity index (χ3v) is 12.3. The first kappa shape index (κ1) is 35.7. The van der Waals surface area contributed by atoms with Crippen molar-refractivity contribution in [3.05, 3.63) is 224 Å². The van der Waals surface area contributed by atoms with Crippen molar-refractivity contribution in [2.75, 3.05) is 0 Å². The number of benzene rings is 10. The molecule has 0 fully saturated rings. The normalized spacial score (nSPS) is 11.5. The zero-order valence-corrected chi connectivity index (χ0v) is 33.7. The predicted octanol–water partition coefficient (Wildman–Crippen LogP) is 15.6. The molecule has 0 aliphatic heterocycles. The first-order chi connectivity index (χ1) is 30.7. The van der Waals surface area contributed by atoms with Gasteiger partial charge in [0.25, 0.3) is 0 Å². The van der Waals surface area contributed by atoms with Crippen molar-refractivity contribution < 1.29 is 0 Å². The first-order valence-electron chi connectivity index (χ1n) is 21.1. The average molecular weight is 788 g/mol. The van der Waals surface area contributed by atoms with E-state index in [1.54, 1.807) is 0 Å². The van der Waals surface area contributed by atoms with E-state index in [-0.39, 0.29) is 0 Å². The van der Waals surface area contributed by atoms with Crippen LogP contribution in [0.5, 0.6) is 0 Å². The standard InChI is InChI=1S/C59H37N3/c1-2-12-38(13-3-1)46-33-35-54-53(36-46)57-49-21-9-6-16-43(49)32-34-52(57)58(60-54)45-30-26-40(27-31-45)39-24-28-44(29-25-39)55-37-56(50-22-10-17-41-14-4-7-19-47(41)50)62-59(61-55)51-23-11-18-42-15-5-8-20-48(42)51/h1-37H. The third-order valence-electron chi connectivity index (χ3n) is 12.3. The van der Waals surface area contributed by atoms with Crippen LogP contribution in [0.25, 0.3) is 121 Å². The van der Waals surface area contributed by atoms with Crippen molar-refractivity contribution in [2.24, 2.45) is 0 Å². The topological polar surface area (TPSA) is 38.7 Å². The SMILES string of the molecule is c1ccc(-c2ccc3nc(-c4ccc(-c5ccc(-c6cc(-c7cccc8ccccc78)nc(-c7cccc8ccccc78)n6)cc5)cc4)c4ccc5ccccc5c4c3c2)cc1. The molecule has 288 valence electrons. The summed E-state index contributed by atoms with van der Waals surface area (Å²) in [6.45, 7) is 0. The number of nitrogens with zero attached hydrogens (tertiary/aromatic N) is 3. The number of hydrogen-bond acceptors (Lipinski definition) is 3. The molecular formula is C59H37N3. The smallest absolute Gasteiger partial charge is 0.161 e. The van der Waals surface area contributed by atoms with E-state index in [2.05, 4.69) is 224 Å². The van der Waals surface area contributed by atoms with Crippen LogP contribution in [0.4, 0.5) is 0 Å². The van der Waals surface area contributed by atoms with E-state index in [4.69, 9.17) is 15.0 Å². The number of aromatic nitrogens is 3. The quantitative estimate of drug-likeness (QED) is 0.158. The zero-order chi connectivity index (χ0) is 41.0. The van der Waals surface area contributed by atoms with Crippen LogP contribution in [-0.4, -0.2) is 15.0 Å². The van der Waals surface area contributed by atoms with Gasteiger partial charge in [0, 0.05) is 38.4 Å². The van der Waals surface area contributed by atoms with Crippen molar-refractivity contribution >= 4 is 54.0 Å². The van der Waals surface area contributed by atoms with Crippen LogP contribution in [0.15, 0.2) is 224 Å². The highest BCUT2D eigenvalue weighted by Crippen LogP contribution is 2.40. The molecule has 0 amide bonds. The molecule has 0 N–H and O–H groups in total. The van der Waals surface area contributed by atoms with Gasteiger partial charge in [0.1, 0.15) is 0 Å². The molecule has 10 aromatic carbocycles. The lowest BCUT2D eigenvalue weighted by Crippen LogP contribution is -1.97. The molecule has 12 aromatic rings. The molecule has 3 heteroatoms. The largest absolute Gasteiger partial charge is 0.247 e. The number of pyridine rings is 1. The van der Waals surface area contributed by atoms with Crippen molar-refractivity contribution in [3.8, 4) is 67.4 Å². The van der Waals surface area contributed by atoms with Gasteiger partial charge in [-0.1, -0.05) is 206 Å². The Morgan fingerprint density at radius 2 is 0.774 bits per heavy atom. The maximum absolute atomic E-state index is 5.34. The molecule has 2 aromatic heterocycles. The number of hydrogen-bond donors (Lipinski definition) is 0. The molecule has 0 bridgehead atoms. The fourth-order valence-corrected chi connectivity index (χ4v) is 9.18. The molecule has 0 atom stereocenters. The van der Waals surface area contributed by atoms with Crippen LogP contribution in [-0.2, 0) is 0 Å². The highest BCUT2D eigenvalue weighted by molar-refractivity contribution is 6.22. The molecule has 2 heterocycles. The number of rotatable bonds is 6. The highest BCUT2D eigenvalue weighted by atomic mass is 14.9. The fourth-order valence-electron chi connectivity index (χ4n) is 9.18. The summed E-state index contributed by atoms with van der Waals surface area (Å²) >= 11 is 0. The summed E-state index contributed by atoms with van der Waals surface area (Å²) in [6, 6.07) is 79.9. The van der Waals surface area contributed by atoms with Gasteiger partial charge in [0.2, 0.25) is 0 Å². The predicted molar refractivity (Wildman–Crippen MR) is 260 cm³/mol. The molecular weight excluding hydrogens is 751 g/mol. The molecule has 0 radical (unpaired) electrons. The summed E-state index contributed by atoms with van der Waals surface area (Å²) in [7, 11) is 0. The number of fused-ring (bicyclic) bond motifs is 7. The van der Waals surface area contributed by atoms with E-state index < -0.39 is 0 Å². The summed E-state index contributed by atoms with van der Waals surface area (Å²) in [5.41, 5.74) is 12.6. The van der Waals surface area contributed by atoms with Gasteiger partial charge in [-0.2, -0.15) is 0 Å². The van der Waals surface area contributed by atoms with E-state index in [1.807, 2.05) is 0 Å². The Kier molecular flexibility index (Phi) is 8.50. The molecule has 3 nitrogen and oxygen atoms in total. The van der Waals surface area contributed by atoms with Crippen LogP contribution >= 0.6 is 0 Å². The van der Waals surface area contributed by atoms with Gasteiger partial charge < -0.3 is 0 Å². The van der Waals surface area contributed by atoms with Crippen LogP contribution in [0.2, 0.25) is 0 Å².